The zero-order valence-corrected chi connectivity index (χ0v) is 15.6. The van der Waals surface area contributed by atoms with Crippen LogP contribution in [0.15, 0.2) is 4.47 Å². The van der Waals surface area contributed by atoms with Crippen molar-refractivity contribution in [1.82, 2.24) is 20.0 Å². The molecule has 2 atom stereocenters. The van der Waals surface area contributed by atoms with Gasteiger partial charge in [-0.15, -0.1) is 0 Å². The predicted molar refractivity (Wildman–Crippen MR) is 91.4 cm³/mol. The highest BCUT2D eigenvalue weighted by molar-refractivity contribution is 9.10. The number of aryl methyl sites for hydroxylation is 2. The van der Waals surface area contributed by atoms with Gasteiger partial charge in [-0.3, -0.25) is 9.58 Å². The first-order chi connectivity index (χ1) is 9.90. The van der Waals surface area contributed by atoms with Crippen molar-refractivity contribution in [3.63, 3.8) is 0 Å². The van der Waals surface area contributed by atoms with E-state index in [9.17, 15) is 0 Å². The molecule has 5 heteroatoms. The van der Waals surface area contributed by atoms with Crippen molar-refractivity contribution >= 4 is 15.9 Å². The third-order valence-corrected chi connectivity index (χ3v) is 5.88. The zero-order valence-electron chi connectivity index (χ0n) is 14.0. The van der Waals surface area contributed by atoms with Crippen molar-refractivity contribution < 1.29 is 0 Å². The summed E-state index contributed by atoms with van der Waals surface area (Å²) >= 11 is 3.71. The van der Waals surface area contributed by atoms with Gasteiger partial charge in [0.2, 0.25) is 0 Å². The van der Waals surface area contributed by atoms with E-state index in [1.165, 1.54) is 18.5 Å². The fraction of sp³-hybridized carbons (Fsp3) is 0.812. The van der Waals surface area contributed by atoms with Crippen molar-refractivity contribution in [2.45, 2.75) is 65.1 Å². The van der Waals surface area contributed by atoms with E-state index in [0.717, 1.165) is 36.2 Å². The molecule has 2 rings (SSSR count). The summed E-state index contributed by atoms with van der Waals surface area (Å²) < 4.78 is 3.19. The van der Waals surface area contributed by atoms with E-state index in [1.54, 1.807) is 0 Å². The van der Waals surface area contributed by atoms with Crippen LogP contribution >= 0.6 is 15.9 Å². The molecule has 21 heavy (non-hydrogen) atoms. The third kappa shape index (κ3) is 3.69. The number of halogens is 1. The fourth-order valence-electron chi connectivity index (χ4n) is 3.21. The number of nitrogens with zero attached hydrogens (tertiary/aromatic N) is 3. The Kier molecular flexibility index (Phi) is 5.49. The van der Waals surface area contributed by atoms with E-state index in [-0.39, 0.29) is 5.54 Å². The van der Waals surface area contributed by atoms with Crippen LogP contribution in [0, 0.1) is 6.92 Å². The molecule has 0 amide bonds. The molecule has 1 fully saturated rings. The number of nitrogens with one attached hydrogen (secondary N) is 1. The lowest BCUT2D eigenvalue weighted by atomic mass is 9.92. The molecule has 0 saturated carbocycles. The lowest BCUT2D eigenvalue weighted by Crippen LogP contribution is -2.62. The normalized spacial score (nSPS) is 27.2. The monoisotopic (exact) mass is 356 g/mol. The second-order valence-electron chi connectivity index (χ2n) is 6.61. The molecule has 0 spiro atoms. The van der Waals surface area contributed by atoms with E-state index in [0.29, 0.717) is 6.04 Å². The molecule has 0 radical (unpaired) electrons. The average Bonchev–Trinajstić information content (AvgIpc) is 2.69. The van der Waals surface area contributed by atoms with Gasteiger partial charge in [-0.2, -0.15) is 5.10 Å². The molecule has 1 aromatic heterocycles. The smallest absolute Gasteiger partial charge is 0.0739 e. The molecule has 2 heterocycles. The van der Waals surface area contributed by atoms with Crippen molar-refractivity contribution in [3.8, 4) is 0 Å². The van der Waals surface area contributed by atoms with Crippen LogP contribution in [0.25, 0.3) is 0 Å². The Morgan fingerprint density at radius 1 is 1.43 bits per heavy atom. The predicted octanol–water partition coefficient (Wildman–Crippen LogP) is 3.23. The highest BCUT2D eigenvalue weighted by Crippen LogP contribution is 2.27. The summed E-state index contributed by atoms with van der Waals surface area (Å²) in [6.45, 7) is 12.1. The van der Waals surface area contributed by atoms with Crippen LogP contribution in [0.4, 0.5) is 0 Å². The van der Waals surface area contributed by atoms with Gasteiger partial charge >= 0.3 is 0 Å². The van der Waals surface area contributed by atoms with E-state index < -0.39 is 0 Å². The minimum Gasteiger partial charge on any atom is -0.309 e. The topological polar surface area (TPSA) is 33.1 Å². The van der Waals surface area contributed by atoms with E-state index in [2.05, 4.69) is 58.9 Å². The number of aromatic nitrogens is 2. The Morgan fingerprint density at radius 2 is 2.14 bits per heavy atom. The minimum atomic E-state index is 0.227. The molecule has 120 valence electrons. The molecular weight excluding hydrogens is 328 g/mol. The summed E-state index contributed by atoms with van der Waals surface area (Å²) in [6, 6.07) is 0.622. The first-order valence-electron chi connectivity index (χ1n) is 8.07. The molecule has 1 N–H and O–H groups in total. The Bertz CT molecular complexity index is 485. The maximum atomic E-state index is 4.53. The summed E-state index contributed by atoms with van der Waals surface area (Å²) in [5, 5.41) is 8.29. The first kappa shape index (κ1) is 17.0. The van der Waals surface area contributed by atoms with Gasteiger partial charge in [0.15, 0.2) is 0 Å². The minimum absolute atomic E-state index is 0.227. The molecule has 1 aliphatic rings. The molecular formula is C16H29BrN4. The van der Waals surface area contributed by atoms with Gasteiger partial charge in [0.25, 0.3) is 0 Å². The SMILES string of the molecule is CCCC1CNC(C)(CC)CN1Cc1c(Br)c(C)nn1C. The highest BCUT2D eigenvalue weighted by atomic mass is 79.9. The number of hydrogen-bond acceptors (Lipinski definition) is 3. The van der Waals surface area contributed by atoms with Gasteiger partial charge < -0.3 is 5.32 Å². The van der Waals surface area contributed by atoms with Crippen LogP contribution in [-0.4, -0.2) is 39.4 Å². The first-order valence-corrected chi connectivity index (χ1v) is 8.86. The van der Waals surface area contributed by atoms with E-state index in [4.69, 9.17) is 0 Å². The van der Waals surface area contributed by atoms with Gasteiger partial charge in [0.05, 0.1) is 15.9 Å². The summed E-state index contributed by atoms with van der Waals surface area (Å²) in [6.07, 6.45) is 3.65. The lowest BCUT2D eigenvalue weighted by Gasteiger charge is -2.46. The van der Waals surface area contributed by atoms with Crippen LogP contribution in [0.3, 0.4) is 0 Å². The maximum Gasteiger partial charge on any atom is 0.0739 e. The maximum absolute atomic E-state index is 4.53. The van der Waals surface area contributed by atoms with Crippen LogP contribution in [-0.2, 0) is 13.6 Å². The van der Waals surface area contributed by atoms with Crippen molar-refractivity contribution in [1.29, 1.82) is 0 Å². The van der Waals surface area contributed by atoms with Crippen LogP contribution in [0.1, 0.15) is 51.4 Å². The van der Waals surface area contributed by atoms with Gasteiger partial charge in [0, 0.05) is 38.3 Å². The molecule has 0 aromatic carbocycles. The van der Waals surface area contributed by atoms with Crippen molar-refractivity contribution in [3.05, 3.63) is 15.9 Å². The number of hydrogen-bond donors (Lipinski definition) is 1. The summed E-state index contributed by atoms with van der Waals surface area (Å²) in [5.41, 5.74) is 2.59. The third-order valence-electron chi connectivity index (χ3n) is 4.85. The number of piperazine rings is 1. The lowest BCUT2D eigenvalue weighted by molar-refractivity contribution is 0.0703. The largest absolute Gasteiger partial charge is 0.309 e. The molecule has 1 aliphatic heterocycles. The summed E-state index contributed by atoms with van der Waals surface area (Å²) in [4.78, 5) is 2.64. The van der Waals surface area contributed by atoms with E-state index >= 15 is 0 Å². The standard InChI is InChI=1S/C16H29BrN4/c1-6-8-13-9-18-16(4,7-2)11-21(13)10-14-15(17)12(3)19-20(14)5/h13,18H,6-11H2,1-5H3. The zero-order chi connectivity index (χ0) is 15.6. The van der Waals surface area contributed by atoms with Gasteiger partial charge in [-0.25, -0.2) is 0 Å². The Balaban J connectivity index is 2.19. The van der Waals surface area contributed by atoms with Gasteiger partial charge in [0.1, 0.15) is 0 Å². The molecule has 1 aromatic rings. The second kappa shape index (κ2) is 6.80. The summed E-state index contributed by atoms with van der Waals surface area (Å²) in [7, 11) is 2.04. The van der Waals surface area contributed by atoms with Crippen LogP contribution in [0.5, 0.6) is 0 Å². The van der Waals surface area contributed by atoms with Crippen LogP contribution in [0.2, 0.25) is 0 Å². The molecule has 2 unspecified atom stereocenters. The quantitative estimate of drug-likeness (QED) is 0.878. The number of rotatable bonds is 5. The Hall–Kier alpha value is -0.390. The fourth-order valence-corrected chi connectivity index (χ4v) is 3.67. The van der Waals surface area contributed by atoms with Crippen molar-refractivity contribution in [2.75, 3.05) is 13.1 Å². The molecule has 4 nitrogen and oxygen atoms in total. The molecule has 0 bridgehead atoms. The second-order valence-corrected chi connectivity index (χ2v) is 7.41. The Labute approximate surface area is 137 Å². The average molecular weight is 357 g/mol. The molecule has 1 saturated heterocycles. The highest BCUT2D eigenvalue weighted by Gasteiger charge is 2.34. The molecule has 0 aliphatic carbocycles. The van der Waals surface area contributed by atoms with Crippen LogP contribution < -0.4 is 5.32 Å². The van der Waals surface area contributed by atoms with Gasteiger partial charge in [-0.1, -0.05) is 20.3 Å². The van der Waals surface area contributed by atoms with Crippen molar-refractivity contribution in [2.24, 2.45) is 7.05 Å². The van der Waals surface area contributed by atoms with Gasteiger partial charge in [-0.05, 0) is 42.6 Å². The Morgan fingerprint density at radius 3 is 2.67 bits per heavy atom. The summed E-state index contributed by atoms with van der Waals surface area (Å²) in [5.74, 6) is 0. The van der Waals surface area contributed by atoms with E-state index in [1.807, 2.05) is 11.7 Å².